The zero-order chi connectivity index (χ0) is 16.3. The first kappa shape index (κ1) is 15.6. The monoisotopic (exact) mass is 322 g/mol. The molecule has 1 saturated heterocycles. The van der Waals surface area contributed by atoms with E-state index in [1.807, 2.05) is 24.3 Å². The van der Waals surface area contributed by atoms with E-state index in [2.05, 4.69) is 20.2 Å². The van der Waals surface area contributed by atoms with Gasteiger partial charge in [-0.2, -0.15) is 13.2 Å². The molecule has 3 rings (SSSR count). The highest BCUT2D eigenvalue weighted by molar-refractivity contribution is 5.48. The Morgan fingerprint density at radius 2 is 1.74 bits per heavy atom. The second kappa shape index (κ2) is 6.44. The van der Waals surface area contributed by atoms with Crippen molar-refractivity contribution in [1.82, 2.24) is 9.97 Å². The molecule has 2 heterocycles. The van der Waals surface area contributed by atoms with Crippen LogP contribution in [0.25, 0.3) is 0 Å². The Morgan fingerprint density at radius 1 is 1.04 bits per heavy atom. The highest BCUT2D eigenvalue weighted by Gasteiger charge is 2.32. The van der Waals surface area contributed by atoms with Gasteiger partial charge >= 0.3 is 6.18 Å². The summed E-state index contributed by atoms with van der Waals surface area (Å²) in [6, 6.07) is 8.86. The number of benzene rings is 1. The number of hydrogen-bond acceptors (Lipinski definition) is 4. The van der Waals surface area contributed by atoms with E-state index < -0.39 is 11.9 Å². The molecule has 0 radical (unpaired) electrons. The molecule has 0 amide bonds. The number of anilines is 2. The Balaban J connectivity index is 1.62. The number of nitrogens with one attached hydrogen (secondary N) is 1. The van der Waals surface area contributed by atoms with Crippen LogP contribution in [0.3, 0.4) is 0 Å². The van der Waals surface area contributed by atoms with Crippen molar-refractivity contribution in [2.45, 2.75) is 25.6 Å². The third-order valence-electron chi connectivity index (χ3n) is 3.80. The van der Waals surface area contributed by atoms with Crippen LogP contribution in [-0.4, -0.2) is 23.1 Å². The van der Waals surface area contributed by atoms with E-state index in [9.17, 15) is 13.2 Å². The molecule has 7 heteroatoms. The molecule has 122 valence electrons. The van der Waals surface area contributed by atoms with E-state index in [1.54, 1.807) is 0 Å². The molecular weight excluding hydrogens is 305 g/mol. The Labute approximate surface area is 132 Å². The minimum absolute atomic E-state index is 0.0246. The highest BCUT2D eigenvalue weighted by Crippen LogP contribution is 2.27. The first-order valence-electron chi connectivity index (χ1n) is 7.50. The van der Waals surface area contributed by atoms with Gasteiger partial charge in [-0.05, 0) is 36.6 Å². The van der Waals surface area contributed by atoms with Crippen molar-refractivity contribution < 1.29 is 13.2 Å². The molecule has 0 unspecified atom stereocenters. The zero-order valence-corrected chi connectivity index (χ0v) is 12.5. The maximum atomic E-state index is 12.6. The molecule has 0 bridgehead atoms. The standard InChI is InChI=1S/C16H17F3N4/c17-16(18,19)14-7-8-20-15(22-14)21-11-12-3-5-13(6-4-12)23-9-1-2-10-23/h3-8H,1-2,9-11H2,(H,20,21,22). The van der Waals surface area contributed by atoms with E-state index in [1.165, 1.54) is 18.5 Å². The van der Waals surface area contributed by atoms with Gasteiger partial charge in [-0.3, -0.25) is 0 Å². The van der Waals surface area contributed by atoms with Gasteiger partial charge in [0.1, 0.15) is 5.69 Å². The fourth-order valence-electron chi connectivity index (χ4n) is 2.58. The Bertz CT molecular complexity index is 649. The van der Waals surface area contributed by atoms with Gasteiger partial charge in [0.05, 0.1) is 0 Å². The van der Waals surface area contributed by atoms with Crippen LogP contribution < -0.4 is 10.2 Å². The fourth-order valence-corrected chi connectivity index (χ4v) is 2.58. The van der Waals surface area contributed by atoms with Gasteiger partial charge < -0.3 is 10.2 Å². The number of hydrogen-bond donors (Lipinski definition) is 1. The molecule has 0 atom stereocenters. The molecule has 1 aliphatic heterocycles. The molecule has 1 N–H and O–H groups in total. The molecule has 1 aromatic carbocycles. The summed E-state index contributed by atoms with van der Waals surface area (Å²) >= 11 is 0. The minimum atomic E-state index is -4.46. The first-order chi connectivity index (χ1) is 11.0. The third kappa shape index (κ3) is 3.91. The lowest BCUT2D eigenvalue weighted by Gasteiger charge is -2.17. The van der Waals surface area contributed by atoms with Gasteiger partial charge in [0, 0.05) is 31.5 Å². The maximum Gasteiger partial charge on any atom is 0.433 e. The van der Waals surface area contributed by atoms with Gasteiger partial charge in [0.2, 0.25) is 5.95 Å². The molecular formula is C16H17F3N4. The zero-order valence-electron chi connectivity index (χ0n) is 12.5. The number of nitrogens with zero attached hydrogens (tertiary/aromatic N) is 3. The Kier molecular flexibility index (Phi) is 4.36. The third-order valence-corrected chi connectivity index (χ3v) is 3.80. The number of halogens is 3. The van der Waals surface area contributed by atoms with Gasteiger partial charge in [-0.1, -0.05) is 12.1 Å². The summed E-state index contributed by atoms with van der Waals surface area (Å²) in [5.41, 5.74) is 1.20. The molecule has 23 heavy (non-hydrogen) atoms. The summed E-state index contributed by atoms with van der Waals surface area (Å²) in [5.74, 6) is -0.0246. The van der Waals surface area contributed by atoms with Crippen molar-refractivity contribution >= 4 is 11.6 Å². The molecule has 1 aliphatic rings. The summed E-state index contributed by atoms with van der Waals surface area (Å²) < 4.78 is 37.8. The van der Waals surface area contributed by atoms with Crippen LogP contribution in [0.15, 0.2) is 36.5 Å². The average molecular weight is 322 g/mol. The summed E-state index contributed by atoms with van der Waals surface area (Å²) in [6.07, 6.45) is -0.919. The second-order valence-corrected chi connectivity index (χ2v) is 5.48. The largest absolute Gasteiger partial charge is 0.433 e. The smallest absolute Gasteiger partial charge is 0.372 e. The van der Waals surface area contributed by atoms with Crippen LogP contribution in [0.1, 0.15) is 24.1 Å². The molecule has 0 saturated carbocycles. The van der Waals surface area contributed by atoms with Crippen molar-refractivity contribution in [1.29, 1.82) is 0 Å². The normalized spacial score (nSPS) is 15.0. The van der Waals surface area contributed by atoms with Gasteiger partial charge in [0.25, 0.3) is 0 Å². The van der Waals surface area contributed by atoms with Gasteiger partial charge in [-0.15, -0.1) is 0 Å². The Hall–Kier alpha value is -2.31. The van der Waals surface area contributed by atoms with Crippen LogP contribution in [0.2, 0.25) is 0 Å². The van der Waals surface area contributed by atoms with Crippen LogP contribution in [0.5, 0.6) is 0 Å². The van der Waals surface area contributed by atoms with E-state index in [0.29, 0.717) is 6.54 Å². The predicted octanol–water partition coefficient (Wildman–Crippen LogP) is 3.71. The van der Waals surface area contributed by atoms with Crippen LogP contribution in [0.4, 0.5) is 24.8 Å². The maximum absolute atomic E-state index is 12.6. The fraction of sp³-hybridized carbons (Fsp3) is 0.375. The van der Waals surface area contributed by atoms with E-state index in [4.69, 9.17) is 0 Å². The summed E-state index contributed by atoms with van der Waals surface area (Å²) in [5, 5.41) is 2.83. The quantitative estimate of drug-likeness (QED) is 0.932. The molecule has 0 aliphatic carbocycles. The Morgan fingerprint density at radius 3 is 2.39 bits per heavy atom. The molecule has 2 aromatic rings. The number of rotatable bonds is 4. The average Bonchev–Trinajstić information content (AvgIpc) is 3.07. The molecule has 1 aromatic heterocycles. The van der Waals surface area contributed by atoms with Crippen molar-refractivity contribution in [2.24, 2.45) is 0 Å². The van der Waals surface area contributed by atoms with Crippen molar-refractivity contribution in [3.05, 3.63) is 47.8 Å². The van der Waals surface area contributed by atoms with Crippen molar-refractivity contribution in [2.75, 3.05) is 23.3 Å². The summed E-state index contributed by atoms with van der Waals surface area (Å²) in [6.45, 7) is 2.53. The predicted molar refractivity (Wildman–Crippen MR) is 82.2 cm³/mol. The topological polar surface area (TPSA) is 41.1 Å². The first-order valence-corrected chi connectivity index (χ1v) is 7.50. The number of alkyl halides is 3. The van der Waals surface area contributed by atoms with E-state index in [-0.39, 0.29) is 5.95 Å². The van der Waals surface area contributed by atoms with Crippen molar-refractivity contribution in [3.8, 4) is 0 Å². The van der Waals surface area contributed by atoms with E-state index in [0.717, 1.165) is 30.9 Å². The van der Waals surface area contributed by atoms with Crippen LogP contribution in [0, 0.1) is 0 Å². The van der Waals surface area contributed by atoms with Crippen molar-refractivity contribution in [3.63, 3.8) is 0 Å². The lowest BCUT2D eigenvalue weighted by molar-refractivity contribution is -0.141. The van der Waals surface area contributed by atoms with Gasteiger partial charge in [-0.25, -0.2) is 9.97 Å². The SMILES string of the molecule is FC(F)(F)c1ccnc(NCc2ccc(N3CCCC3)cc2)n1. The molecule has 4 nitrogen and oxygen atoms in total. The minimum Gasteiger partial charge on any atom is -0.372 e. The summed E-state index contributed by atoms with van der Waals surface area (Å²) in [4.78, 5) is 9.63. The lowest BCUT2D eigenvalue weighted by atomic mass is 10.2. The van der Waals surface area contributed by atoms with Crippen LogP contribution in [-0.2, 0) is 12.7 Å². The highest BCUT2D eigenvalue weighted by atomic mass is 19.4. The number of aromatic nitrogens is 2. The van der Waals surface area contributed by atoms with Gasteiger partial charge in [0.15, 0.2) is 0 Å². The second-order valence-electron chi connectivity index (χ2n) is 5.48. The molecule has 0 spiro atoms. The van der Waals surface area contributed by atoms with Crippen LogP contribution >= 0.6 is 0 Å². The lowest BCUT2D eigenvalue weighted by Crippen LogP contribution is -2.17. The molecule has 1 fully saturated rings. The van der Waals surface area contributed by atoms with E-state index >= 15 is 0 Å². The summed E-state index contributed by atoms with van der Waals surface area (Å²) in [7, 11) is 0.